The van der Waals surface area contributed by atoms with Crippen LogP contribution in [0.3, 0.4) is 0 Å². The van der Waals surface area contributed by atoms with Crippen molar-refractivity contribution < 1.29 is 9.53 Å². The molecule has 0 spiro atoms. The second-order valence-electron chi connectivity index (χ2n) is 6.62. The average Bonchev–Trinajstić information content (AvgIpc) is 3.14. The number of aryl methyl sites for hydroxylation is 1. The van der Waals surface area contributed by atoms with Gasteiger partial charge in [-0.25, -0.2) is 0 Å². The molecule has 26 heavy (non-hydrogen) atoms. The number of nitrogens with zero attached hydrogens (tertiary/aromatic N) is 1. The molecular weight excluding hydrogens is 369 g/mol. The lowest BCUT2D eigenvalue weighted by atomic mass is 10.0. The Hall–Kier alpha value is -1.71. The molecular formula is C21H23Cl2NO2. The zero-order chi connectivity index (χ0) is 18.5. The van der Waals surface area contributed by atoms with Crippen LogP contribution in [0.1, 0.15) is 42.9 Å². The fourth-order valence-electron chi connectivity index (χ4n) is 3.54. The number of hydrogen-bond donors (Lipinski definition) is 0. The van der Waals surface area contributed by atoms with E-state index in [2.05, 4.69) is 6.07 Å². The smallest absolute Gasteiger partial charge is 0.223 e. The normalized spacial score (nSPS) is 16.7. The number of halogens is 2. The summed E-state index contributed by atoms with van der Waals surface area (Å²) in [5.74, 6) is 1.05. The first kappa shape index (κ1) is 19.1. The fourth-order valence-corrected chi connectivity index (χ4v) is 3.86. The Morgan fingerprint density at radius 2 is 2.04 bits per heavy atom. The highest BCUT2D eigenvalue weighted by Crippen LogP contribution is 2.34. The van der Waals surface area contributed by atoms with Crippen LogP contribution in [0.4, 0.5) is 0 Å². The number of amides is 1. The second-order valence-corrected chi connectivity index (χ2v) is 7.44. The lowest BCUT2D eigenvalue weighted by Crippen LogP contribution is -2.30. The summed E-state index contributed by atoms with van der Waals surface area (Å²) in [6.07, 6.45) is 4.21. The quantitative estimate of drug-likeness (QED) is 0.632. The predicted molar refractivity (Wildman–Crippen MR) is 106 cm³/mol. The largest absolute Gasteiger partial charge is 0.497 e. The molecule has 1 heterocycles. The third-order valence-electron chi connectivity index (χ3n) is 4.89. The van der Waals surface area contributed by atoms with Crippen molar-refractivity contribution in [2.45, 2.75) is 38.1 Å². The minimum absolute atomic E-state index is 0.155. The van der Waals surface area contributed by atoms with Crippen LogP contribution < -0.4 is 4.74 Å². The average molecular weight is 392 g/mol. The molecule has 0 N–H and O–H groups in total. The van der Waals surface area contributed by atoms with Gasteiger partial charge in [-0.15, -0.1) is 0 Å². The van der Waals surface area contributed by atoms with E-state index >= 15 is 0 Å². The van der Waals surface area contributed by atoms with Crippen molar-refractivity contribution in [1.82, 2.24) is 4.90 Å². The number of benzene rings is 2. The molecule has 1 aliphatic heterocycles. The van der Waals surface area contributed by atoms with E-state index in [-0.39, 0.29) is 11.9 Å². The molecule has 2 aromatic rings. The molecule has 0 aromatic heterocycles. The van der Waals surface area contributed by atoms with Crippen LogP contribution in [0.15, 0.2) is 42.5 Å². The van der Waals surface area contributed by atoms with E-state index in [4.69, 9.17) is 27.9 Å². The molecule has 138 valence electrons. The maximum Gasteiger partial charge on any atom is 0.223 e. The summed E-state index contributed by atoms with van der Waals surface area (Å²) in [5.41, 5.74) is 2.26. The van der Waals surface area contributed by atoms with E-state index in [9.17, 15) is 4.79 Å². The Kier molecular flexibility index (Phi) is 6.44. The minimum Gasteiger partial charge on any atom is -0.497 e. The van der Waals surface area contributed by atoms with Crippen molar-refractivity contribution in [3.8, 4) is 5.75 Å². The molecule has 5 heteroatoms. The molecule has 0 aliphatic carbocycles. The van der Waals surface area contributed by atoms with E-state index < -0.39 is 0 Å². The van der Waals surface area contributed by atoms with E-state index in [0.29, 0.717) is 16.5 Å². The molecule has 1 saturated heterocycles. The highest BCUT2D eigenvalue weighted by molar-refractivity contribution is 6.42. The van der Waals surface area contributed by atoms with Crippen LogP contribution in [0.2, 0.25) is 10.0 Å². The molecule has 1 amide bonds. The molecule has 1 unspecified atom stereocenters. The molecule has 3 rings (SSSR count). The standard InChI is InChI=1S/C21H23Cl2NO2/c1-26-17-7-3-6-16(14-17)20-8-4-12-24(20)21(25)9-2-5-15-10-11-18(22)19(23)13-15/h3,6-7,10-11,13-14,20H,2,4-5,8-9,12H2,1H3. The summed E-state index contributed by atoms with van der Waals surface area (Å²) in [5, 5.41) is 1.12. The number of ether oxygens (including phenoxy) is 1. The molecule has 1 aliphatic rings. The van der Waals surface area contributed by atoms with Crippen LogP contribution in [-0.2, 0) is 11.2 Å². The number of hydrogen-bond acceptors (Lipinski definition) is 2. The van der Waals surface area contributed by atoms with Crippen molar-refractivity contribution in [3.05, 3.63) is 63.6 Å². The third-order valence-corrected chi connectivity index (χ3v) is 5.63. The number of carbonyl (C=O) groups is 1. The summed E-state index contributed by atoms with van der Waals surface area (Å²) in [4.78, 5) is 14.8. The summed E-state index contributed by atoms with van der Waals surface area (Å²) < 4.78 is 5.32. The van der Waals surface area contributed by atoms with Gasteiger partial charge in [0.15, 0.2) is 0 Å². The van der Waals surface area contributed by atoms with Gasteiger partial charge in [0, 0.05) is 13.0 Å². The number of methoxy groups -OCH3 is 1. The van der Waals surface area contributed by atoms with Gasteiger partial charge in [0.25, 0.3) is 0 Å². The lowest BCUT2D eigenvalue weighted by molar-refractivity contribution is -0.132. The first-order valence-electron chi connectivity index (χ1n) is 8.96. The van der Waals surface area contributed by atoms with Crippen LogP contribution in [0.5, 0.6) is 5.75 Å². The molecule has 0 bridgehead atoms. The van der Waals surface area contributed by atoms with Gasteiger partial charge in [-0.1, -0.05) is 41.4 Å². The summed E-state index contributed by atoms with van der Waals surface area (Å²) >= 11 is 12.0. The number of rotatable bonds is 6. The first-order valence-corrected chi connectivity index (χ1v) is 9.71. The fraction of sp³-hybridized carbons (Fsp3) is 0.381. The maximum atomic E-state index is 12.7. The molecule has 1 atom stereocenters. The van der Waals surface area contributed by atoms with Gasteiger partial charge in [0.1, 0.15) is 5.75 Å². The van der Waals surface area contributed by atoms with E-state index in [1.54, 1.807) is 13.2 Å². The van der Waals surface area contributed by atoms with Crippen molar-refractivity contribution >= 4 is 29.1 Å². The Balaban J connectivity index is 1.58. The van der Waals surface area contributed by atoms with Crippen molar-refractivity contribution in [1.29, 1.82) is 0 Å². The predicted octanol–water partition coefficient (Wildman–Crippen LogP) is 5.69. The molecule has 0 radical (unpaired) electrons. The summed E-state index contributed by atoms with van der Waals surface area (Å²) in [6.45, 7) is 0.827. The zero-order valence-corrected chi connectivity index (χ0v) is 16.4. The topological polar surface area (TPSA) is 29.5 Å². The van der Waals surface area contributed by atoms with Gasteiger partial charge >= 0.3 is 0 Å². The van der Waals surface area contributed by atoms with Gasteiger partial charge in [0.05, 0.1) is 23.2 Å². The highest BCUT2D eigenvalue weighted by Gasteiger charge is 2.29. The number of carbonyl (C=O) groups excluding carboxylic acids is 1. The van der Waals surface area contributed by atoms with Crippen molar-refractivity contribution in [3.63, 3.8) is 0 Å². The monoisotopic (exact) mass is 391 g/mol. The van der Waals surface area contributed by atoms with Crippen LogP contribution >= 0.6 is 23.2 Å². The van der Waals surface area contributed by atoms with E-state index in [0.717, 1.165) is 49.1 Å². The zero-order valence-electron chi connectivity index (χ0n) is 14.9. The van der Waals surface area contributed by atoms with Crippen LogP contribution in [-0.4, -0.2) is 24.5 Å². The minimum atomic E-state index is 0.155. The SMILES string of the molecule is COc1cccc(C2CCCN2C(=O)CCCc2ccc(Cl)c(Cl)c2)c1. The molecule has 0 saturated carbocycles. The van der Waals surface area contributed by atoms with Crippen molar-refractivity contribution in [2.24, 2.45) is 0 Å². The van der Waals surface area contributed by atoms with Gasteiger partial charge in [0.2, 0.25) is 5.91 Å². The first-order chi connectivity index (χ1) is 12.6. The summed E-state index contributed by atoms with van der Waals surface area (Å²) in [6, 6.07) is 13.8. The van der Waals surface area contributed by atoms with Crippen molar-refractivity contribution in [2.75, 3.05) is 13.7 Å². The van der Waals surface area contributed by atoms with Crippen LogP contribution in [0.25, 0.3) is 0 Å². The third kappa shape index (κ3) is 4.52. The second kappa shape index (κ2) is 8.79. The Morgan fingerprint density at radius 1 is 1.19 bits per heavy atom. The van der Waals surface area contributed by atoms with Gasteiger partial charge < -0.3 is 9.64 Å². The highest BCUT2D eigenvalue weighted by atomic mass is 35.5. The van der Waals surface area contributed by atoms with Gasteiger partial charge in [-0.2, -0.15) is 0 Å². The van der Waals surface area contributed by atoms with Gasteiger partial charge in [-0.05, 0) is 61.1 Å². The lowest BCUT2D eigenvalue weighted by Gasteiger charge is -2.25. The Labute approximate surface area is 164 Å². The molecule has 1 fully saturated rings. The maximum absolute atomic E-state index is 12.7. The molecule has 3 nitrogen and oxygen atoms in total. The van der Waals surface area contributed by atoms with Crippen LogP contribution in [0, 0.1) is 0 Å². The molecule has 2 aromatic carbocycles. The Morgan fingerprint density at radius 3 is 2.81 bits per heavy atom. The Bertz CT molecular complexity index is 778. The number of likely N-dealkylation sites (tertiary alicyclic amines) is 1. The van der Waals surface area contributed by atoms with Gasteiger partial charge in [-0.3, -0.25) is 4.79 Å². The summed E-state index contributed by atoms with van der Waals surface area (Å²) in [7, 11) is 1.67. The van der Waals surface area contributed by atoms with E-state index in [1.807, 2.05) is 35.2 Å². The van der Waals surface area contributed by atoms with E-state index in [1.165, 1.54) is 0 Å².